The van der Waals surface area contributed by atoms with Crippen LogP contribution in [-0.2, 0) is 6.42 Å². The molecule has 0 fully saturated rings. The van der Waals surface area contributed by atoms with E-state index in [0.717, 1.165) is 18.4 Å². The summed E-state index contributed by atoms with van der Waals surface area (Å²) in [5.74, 6) is 5.98. The summed E-state index contributed by atoms with van der Waals surface area (Å²) in [7, 11) is 0. The van der Waals surface area contributed by atoms with Crippen LogP contribution in [0.4, 0.5) is 5.82 Å². The number of nitrogens with one attached hydrogen (secondary N) is 1. The predicted molar refractivity (Wildman–Crippen MR) is 69.5 cm³/mol. The SMILES string of the molecule is CCCc1c(NN)ncnc1-n1ccc(C(N)=O)n1. The van der Waals surface area contributed by atoms with Crippen LogP contribution in [0.15, 0.2) is 18.6 Å². The monoisotopic (exact) mass is 261 g/mol. The number of nitrogens with zero attached hydrogens (tertiary/aromatic N) is 4. The Balaban J connectivity index is 2.50. The van der Waals surface area contributed by atoms with Crippen molar-refractivity contribution in [2.45, 2.75) is 19.8 Å². The van der Waals surface area contributed by atoms with Gasteiger partial charge in [0.2, 0.25) is 0 Å². The predicted octanol–water partition coefficient (Wildman–Crippen LogP) is -0.000700. The van der Waals surface area contributed by atoms with Gasteiger partial charge in [-0.15, -0.1) is 0 Å². The van der Waals surface area contributed by atoms with Crippen molar-refractivity contribution in [1.82, 2.24) is 19.7 Å². The van der Waals surface area contributed by atoms with Crippen molar-refractivity contribution in [2.24, 2.45) is 11.6 Å². The van der Waals surface area contributed by atoms with Crippen molar-refractivity contribution in [3.63, 3.8) is 0 Å². The highest BCUT2D eigenvalue weighted by Gasteiger charge is 2.14. The number of nitrogen functional groups attached to an aromatic ring is 1. The Labute approximate surface area is 109 Å². The fourth-order valence-corrected chi connectivity index (χ4v) is 1.78. The molecule has 8 nitrogen and oxygen atoms in total. The molecule has 1 amide bonds. The van der Waals surface area contributed by atoms with Gasteiger partial charge in [0.15, 0.2) is 5.82 Å². The van der Waals surface area contributed by atoms with E-state index in [2.05, 4.69) is 20.5 Å². The molecule has 2 aromatic rings. The number of primary amides is 1. The lowest BCUT2D eigenvalue weighted by atomic mass is 10.1. The first kappa shape index (κ1) is 13.0. The van der Waals surface area contributed by atoms with Gasteiger partial charge in [-0.2, -0.15) is 5.10 Å². The number of hydrazine groups is 1. The van der Waals surface area contributed by atoms with E-state index in [9.17, 15) is 4.79 Å². The zero-order chi connectivity index (χ0) is 13.8. The molecule has 0 saturated carbocycles. The van der Waals surface area contributed by atoms with E-state index in [1.165, 1.54) is 17.1 Å². The Morgan fingerprint density at radius 2 is 2.26 bits per heavy atom. The minimum Gasteiger partial charge on any atom is -0.364 e. The lowest BCUT2D eigenvalue weighted by Gasteiger charge is -2.11. The van der Waals surface area contributed by atoms with Gasteiger partial charge in [0.1, 0.15) is 17.8 Å². The normalized spacial score (nSPS) is 10.4. The second-order valence-corrected chi connectivity index (χ2v) is 3.93. The highest BCUT2D eigenvalue weighted by Crippen LogP contribution is 2.19. The van der Waals surface area contributed by atoms with E-state index in [1.54, 1.807) is 6.20 Å². The molecule has 8 heteroatoms. The highest BCUT2D eigenvalue weighted by molar-refractivity contribution is 5.90. The quantitative estimate of drug-likeness (QED) is 0.514. The van der Waals surface area contributed by atoms with Crippen molar-refractivity contribution in [2.75, 3.05) is 5.43 Å². The molecule has 0 aromatic carbocycles. The molecule has 100 valence electrons. The van der Waals surface area contributed by atoms with E-state index in [4.69, 9.17) is 11.6 Å². The fourth-order valence-electron chi connectivity index (χ4n) is 1.78. The first-order valence-electron chi connectivity index (χ1n) is 5.83. The molecule has 0 aliphatic rings. The number of amides is 1. The number of nitrogens with two attached hydrogens (primary N) is 2. The third kappa shape index (κ3) is 2.52. The molecule has 0 bridgehead atoms. The summed E-state index contributed by atoms with van der Waals surface area (Å²) in [4.78, 5) is 19.3. The van der Waals surface area contributed by atoms with Gasteiger partial charge in [-0.1, -0.05) is 13.3 Å². The van der Waals surface area contributed by atoms with Gasteiger partial charge in [-0.25, -0.2) is 20.5 Å². The third-order valence-electron chi connectivity index (χ3n) is 2.62. The minimum absolute atomic E-state index is 0.184. The molecule has 0 unspecified atom stereocenters. The molecular formula is C11H15N7O. The van der Waals surface area contributed by atoms with E-state index in [1.807, 2.05) is 6.92 Å². The molecule has 2 aromatic heterocycles. The highest BCUT2D eigenvalue weighted by atomic mass is 16.1. The minimum atomic E-state index is -0.581. The largest absolute Gasteiger partial charge is 0.364 e. The molecule has 2 heterocycles. The molecular weight excluding hydrogens is 246 g/mol. The topological polar surface area (TPSA) is 125 Å². The van der Waals surface area contributed by atoms with Crippen LogP contribution in [0.25, 0.3) is 5.82 Å². The maximum absolute atomic E-state index is 11.1. The number of aromatic nitrogens is 4. The number of carbonyl (C=O) groups excluding carboxylic acids is 1. The molecule has 0 aliphatic heterocycles. The molecule has 2 rings (SSSR count). The number of anilines is 1. The van der Waals surface area contributed by atoms with Crippen molar-refractivity contribution in [1.29, 1.82) is 0 Å². The molecule has 0 radical (unpaired) electrons. The first-order chi connectivity index (χ1) is 9.17. The number of hydrogen-bond acceptors (Lipinski definition) is 6. The second kappa shape index (κ2) is 5.44. The van der Waals surface area contributed by atoms with Crippen LogP contribution in [0.3, 0.4) is 0 Å². The molecule has 0 atom stereocenters. The van der Waals surface area contributed by atoms with E-state index < -0.39 is 5.91 Å². The van der Waals surface area contributed by atoms with Gasteiger partial charge in [0.05, 0.1) is 0 Å². The van der Waals surface area contributed by atoms with Crippen molar-refractivity contribution in [3.8, 4) is 5.82 Å². The lowest BCUT2D eigenvalue weighted by Crippen LogP contribution is -2.16. The van der Waals surface area contributed by atoms with Gasteiger partial charge in [-0.05, 0) is 12.5 Å². The van der Waals surface area contributed by atoms with Crippen LogP contribution >= 0.6 is 0 Å². The van der Waals surface area contributed by atoms with Crippen LogP contribution in [0.5, 0.6) is 0 Å². The molecule has 5 N–H and O–H groups in total. The molecule has 0 spiro atoms. The van der Waals surface area contributed by atoms with Gasteiger partial charge < -0.3 is 11.2 Å². The second-order valence-electron chi connectivity index (χ2n) is 3.93. The molecule has 0 aliphatic carbocycles. The average molecular weight is 261 g/mol. The van der Waals surface area contributed by atoms with Gasteiger partial charge in [-0.3, -0.25) is 4.79 Å². The van der Waals surface area contributed by atoms with E-state index in [0.29, 0.717) is 11.6 Å². The number of carbonyl (C=O) groups is 1. The smallest absolute Gasteiger partial charge is 0.269 e. The summed E-state index contributed by atoms with van der Waals surface area (Å²) in [6.45, 7) is 2.04. The van der Waals surface area contributed by atoms with Crippen molar-refractivity contribution < 1.29 is 4.79 Å². The van der Waals surface area contributed by atoms with Crippen LogP contribution in [0.1, 0.15) is 29.4 Å². The summed E-state index contributed by atoms with van der Waals surface area (Å²) in [6, 6.07) is 1.54. The Morgan fingerprint density at radius 3 is 2.84 bits per heavy atom. The van der Waals surface area contributed by atoms with Gasteiger partial charge in [0, 0.05) is 11.8 Å². The summed E-state index contributed by atoms with van der Waals surface area (Å²) in [5.41, 5.74) is 8.74. The summed E-state index contributed by atoms with van der Waals surface area (Å²) < 4.78 is 1.49. The van der Waals surface area contributed by atoms with Crippen LogP contribution in [-0.4, -0.2) is 25.7 Å². The zero-order valence-electron chi connectivity index (χ0n) is 10.5. The number of rotatable bonds is 5. The Bertz CT molecular complexity index is 592. The Morgan fingerprint density at radius 1 is 1.47 bits per heavy atom. The Kier molecular flexibility index (Phi) is 3.71. The zero-order valence-corrected chi connectivity index (χ0v) is 10.5. The first-order valence-corrected chi connectivity index (χ1v) is 5.83. The van der Waals surface area contributed by atoms with Gasteiger partial charge >= 0.3 is 0 Å². The van der Waals surface area contributed by atoms with Crippen molar-refractivity contribution >= 4 is 11.7 Å². The maximum Gasteiger partial charge on any atom is 0.269 e. The summed E-state index contributed by atoms with van der Waals surface area (Å²) >= 11 is 0. The fraction of sp³-hybridized carbons (Fsp3) is 0.273. The Hall–Kier alpha value is -2.48. The average Bonchev–Trinajstić information content (AvgIpc) is 2.89. The van der Waals surface area contributed by atoms with Crippen LogP contribution in [0, 0.1) is 0 Å². The lowest BCUT2D eigenvalue weighted by molar-refractivity contribution is 0.0995. The standard InChI is InChI=1S/C11H15N7O/c1-2-3-7-10(16-13)14-6-15-11(7)18-5-4-8(17-18)9(12)19/h4-6H,2-3,13H2,1H3,(H2,12,19)(H,14,15,16). The van der Waals surface area contributed by atoms with Crippen LogP contribution in [0.2, 0.25) is 0 Å². The van der Waals surface area contributed by atoms with Crippen molar-refractivity contribution in [3.05, 3.63) is 29.8 Å². The van der Waals surface area contributed by atoms with Gasteiger partial charge in [0.25, 0.3) is 5.91 Å². The van der Waals surface area contributed by atoms with E-state index in [-0.39, 0.29) is 5.69 Å². The molecule has 0 saturated heterocycles. The third-order valence-corrected chi connectivity index (χ3v) is 2.62. The van der Waals surface area contributed by atoms with E-state index >= 15 is 0 Å². The summed E-state index contributed by atoms with van der Waals surface area (Å²) in [5, 5.41) is 4.08. The summed E-state index contributed by atoms with van der Waals surface area (Å²) in [6.07, 6.45) is 4.65. The van der Waals surface area contributed by atoms with Crippen LogP contribution < -0.4 is 17.0 Å². The number of hydrogen-bond donors (Lipinski definition) is 3. The molecule has 19 heavy (non-hydrogen) atoms. The maximum atomic E-state index is 11.1.